The van der Waals surface area contributed by atoms with E-state index in [0.29, 0.717) is 19.3 Å². The molecule has 442 valence electrons. The van der Waals surface area contributed by atoms with Crippen molar-refractivity contribution >= 4 is 49.8 Å². The van der Waals surface area contributed by atoms with E-state index >= 15 is 0 Å². The smallest absolute Gasteiger partial charge is 0.410 e. The number of carbonyl (C=O) groups is 5. The highest BCUT2D eigenvalue weighted by atomic mass is 32.2. The Labute approximate surface area is 466 Å². The Morgan fingerprint density at radius 3 is 1.44 bits per heavy atom. The van der Waals surface area contributed by atoms with Gasteiger partial charge in [0.05, 0.1) is 49.8 Å². The number of rotatable bonds is 16. The molecule has 0 radical (unpaired) electrons. The monoisotopic (exact) mass is 1170 g/mol. The minimum absolute atomic E-state index is 0.0102. The summed E-state index contributed by atoms with van der Waals surface area (Å²) in [5, 5.41) is 5.69. The number of amides is 5. The first-order chi connectivity index (χ1) is 37.1. The van der Waals surface area contributed by atoms with E-state index < -0.39 is 127 Å². The number of hydrogen-bond acceptors (Lipinski definition) is 12. The van der Waals surface area contributed by atoms with Crippen LogP contribution in [0.5, 0.6) is 11.5 Å². The van der Waals surface area contributed by atoms with Gasteiger partial charge in [-0.15, -0.1) is 0 Å². The summed E-state index contributed by atoms with van der Waals surface area (Å²) >= 11 is 0. The number of sulfonamides is 2. The molecule has 10 atom stereocenters. The van der Waals surface area contributed by atoms with E-state index in [1.165, 1.54) is 39.6 Å². The summed E-state index contributed by atoms with van der Waals surface area (Å²) in [5.41, 5.74) is -0.612. The molecule has 4 heterocycles. The number of likely N-dealkylation sites (N-methyl/N-ethyl adjacent to an activating group) is 1. The average molecular weight is 1170 g/mol. The lowest BCUT2D eigenvalue weighted by Crippen LogP contribution is -2.60. The predicted octanol–water partition coefficient (Wildman–Crippen LogP) is 5.68. The van der Waals surface area contributed by atoms with Crippen LogP contribution in [0.25, 0.3) is 0 Å². The van der Waals surface area contributed by atoms with E-state index in [1.54, 1.807) is 44.7 Å². The van der Waals surface area contributed by atoms with Crippen molar-refractivity contribution in [3.05, 3.63) is 95.6 Å². The van der Waals surface area contributed by atoms with Crippen molar-refractivity contribution in [2.75, 3.05) is 45.7 Å². The summed E-state index contributed by atoms with van der Waals surface area (Å²) in [6, 6.07) is 9.78. The molecule has 80 heavy (non-hydrogen) atoms. The summed E-state index contributed by atoms with van der Waals surface area (Å²) in [7, 11) is -5.89. The molecular weight excluding hydrogens is 1090 g/mol. The third-order valence-corrected chi connectivity index (χ3v) is 17.7. The molecule has 0 bridgehead atoms. The number of likely N-dealkylation sites (tertiary alicyclic amines) is 2. The fraction of sp³-hybridized carbons (Fsp3) is 0.582. The SMILES string of the molecule is CC[C@@H](C)C(=O)N[C@H](C(=O)N1CC[C@@H]2[C@H]1[C@@H](Oc1ccc(F)c(F)c1)CN2S(C)(=O)=O)C(C)(C)C.C[C@@H](C(=O)N[C@H](C(=O)N1CC[C@@H]2[C@H]1[C@@H](Oc1ccc(F)c(F)c1)CN2S(C)(=O)=O)C(C)(C)C)N(C)C(=O)OCc1ccccc1. The molecule has 19 nitrogen and oxygen atoms in total. The highest BCUT2D eigenvalue weighted by Crippen LogP contribution is 2.39. The van der Waals surface area contributed by atoms with Crippen molar-refractivity contribution in [3.63, 3.8) is 0 Å². The predicted molar refractivity (Wildman–Crippen MR) is 289 cm³/mol. The fourth-order valence-electron chi connectivity index (χ4n) is 10.4. The minimum Gasteiger partial charge on any atom is -0.487 e. The maximum Gasteiger partial charge on any atom is 0.410 e. The van der Waals surface area contributed by atoms with E-state index in [1.807, 2.05) is 45.9 Å². The molecule has 7 rings (SSSR count). The Hall–Kier alpha value is -6.05. The second kappa shape index (κ2) is 25.0. The number of hydrogen-bond donors (Lipinski definition) is 2. The molecule has 0 unspecified atom stereocenters. The third kappa shape index (κ3) is 14.7. The fourth-order valence-corrected chi connectivity index (χ4v) is 12.7. The van der Waals surface area contributed by atoms with Gasteiger partial charge in [0.15, 0.2) is 23.3 Å². The lowest BCUT2D eigenvalue weighted by molar-refractivity contribution is -0.142. The highest BCUT2D eigenvalue weighted by molar-refractivity contribution is 7.88. The van der Waals surface area contributed by atoms with E-state index in [2.05, 4.69) is 10.6 Å². The molecule has 4 fully saturated rings. The van der Waals surface area contributed by atoms with Gasteiger partial charge < -0.3 is 34.6 Å². The molecular formula is C55H75F4N7O12S2. The Morgan fingerprint density at radius 1 is 0.650 bits per heavy atom. The second-order valence-electron chi connectivity index (χ2n) is 23.1. The van der Waals surface area contributed by atoms with Crippen molar-refractivity contribution in [1.29, 1.82) is 0 Å². The van der Waals surface area contributed by atoms with Crippen molar-refractivity contribution in [2.45, 2.75) is 143 Å². The number of nitrogens with one attached hydrogen (secondary N) is 2. The maximum absolute atomic E-state index is 14.2. The number of carbonyl (C=O) groups excluding carboxylic acids is 5. The van der Waals surface area contributed by atoms with Crippen molar-refractivity contribution in [1.82, 2.24) is 33.9 Å². The van der Waals surface area contributed by atoms with Gasteiger partial charge in [0.1, 0.15) is 48.4 Å². The first-order valence-electron chi connectivity index (χ1n) is 26.5. The Balaban J connectivity index is 0.000000266. The van der Waals surface area contributed by atoms with Crippen LogP contribution in [-0.4, -0.2) is 170 Å². The Morgan fingerprint density at radius 2 is 1.06 bits per heavy atom. The summed E-state index contributed by atoms with van der Waals surface area (Å²) in [5.74, 6) is -6.13. The van der Waals surface area contributed by atoms with Crippen molar-refractivity contribution < 1.29 is 72.6 Å². The number of nitrogens with zero attached hydrogens (tertiary/aromatic N) is 5. The second-order valence-corrected chi connectivity index (χ2v) is 27.0. The zero-order chi connectivity index (χ0) is 59.6. The van der Waals surface area contributed by atoms with Gasteiger partial charge in [0.25, 0.3) is 0 Å². The van der Waals surface area contributed by atoms with Crippen LogP contribution in [0.2, 0.25) is 0 Å². The zero-order valence-electron chi connectivity index (χ0n) is 47.2. The molecule has 0 aromatic heterocycles. The largest absolute Gasteiger partial charge is 0.487 e. The van der Waals surface area contributed by atoms with E-state index in [4.69, 9.17) is 14.2 Å². The maximum atomic E-state index is 14.2. The number of halogens is 4. The lowest BCUT2D eigenvalue weighted by Gasteiger charge is -2.37. The standard InChI is InChI=1S/C31H40F2N4O7S.C24H35F2N3O5S/c1-19(35(5)30(40)43-18-20-10-8-7-9-11-20)28(38)34-27(31(2,3)4)29(39)36-15-14-24-26(36)25(17-37(24)45(6,41)42)44-21-12-13-22(32)23(33)16-21;1-7-14(2)22(30)27-21(24(3,4)5)23(31)28-11-10-18-20(28)19(13-29(18)35(6,32)33)34-15-8-9-16(25)17(26)12-15/h7-13,16,19,24-27H,14-15,17-18H2,1-6H3,(H,34,38);8-9,12,14,18-21H,7,10-11,13H2,1-6H3,(H,27,30)/t19-,24+,25-,26-,27+;14-,18-,19+,20+,21-/m01/s1. The molecule has 25 heteroatoms. The van der Waals surface area contributed by atoms with Crippen LogP contribution in [-0.2, 0) is 50.6 Å². The van der Waals surface area contributed by atoms with Gasteiger partial charge in [0.2, 0.25) is 43.7 Å². The summed E-state index contributed by atoms with van der Waals surface area (Å²) in [4.78, 5) is 71.0. The molecule has 4 saturated heterocycles. The van der Waals surface area contributed by atoms with Crippen LogP contribution in [0.1, 0.15) is 87.1 Å². The molecule has 3 aromatic rings. The van der Waals surface area contributed by atoms with Crippen molar-refractivity contribution in [2.24, 2.45) is 16.7 Å². The first kappa shape index (κ1) is 63.1. The lowest BCUT2D eigenvalue weighted by atomic mass is 9.85. The molecule has 5 amide bonds. The van der Waals surface area contributed by atoms with E-state index in [9.17, 15) is 58.4 Å². The van der Waals surface area contributed by atoms with E-state index in [0.717, 1.165) is 47.2 Å². The van der Waals surface area contributed by atoms with Gasteiger partial charge in [-0.1, -0.05) is 85.7 Å². The number of fused-ring (bicyclic) bond motifs is 2. The van der Waals surface area contributed by atoms with Gasteiger partial charge >= 0.3 is 6.09 Å². The van der Waals surface area contributed by atoms with Crippen LogP contribution < -0.4 is 20.1 Å². The van der Waals surface area contributed by atoms with E-state index in [-0.39, 0.29) is 62.0 Å². The van der Waals surface area contributed by atoms with Gasteiger partial charge in [0, 0.05) is 38.2 Å². The number of ether oxygens (including phenoxy) is 3. The van der Waals surface area contributed by atoms with Gasteiger partial charge in [-0.25, -0.2) is 39.2 Å². The average Bonchev–Trinajstić information content (AvgIpc) is 4.39. The van der Waals surface area contributed by atoms with Gasteiger partial charge in [-0.2, -0.15) is 8.61 Å². The minimum atomic E-state index is -3.70. The van der Waals surface area contributed by atoms with Crippen LogP contribution >= 0.6 is 0 Å². The van der Waals surface area contributed by atoms with Crippen LogP contribution in [0.4, 0.5) is 22.4 Å². The summed E-state index contributed by atoms with van der Waals surface area (Å²) < 4.78 is 125. The molecule has 0 saturated carbocycles. The van der Waals surface area contributed by atoms with Crippen LogP contribution in [0.3, 0.4) is 0 Å². The molecule has 4 aliphatic heterocycles. The van der Waals surface area contributed by atoms with Crippen LogP contribution in [0, 0.1) is 40.0 Å². The quantitative estimate of drug-likeness (QED) is 0.166. The molecule has 4 aliphatic rings. The molecule has 0 aliphatic carbocycles. The summed E-state index contributed by atoms with van der Waals surface area (Å²) in [6.07, 6.45) is 1.10. The third-order valence-electron chi connectivity index (χ3n) is 15.1. The normalized spacial score (nSPS) is 22.9. The van der Waals surface area contributed by atoms with Crippen molar-refractivity contribution in [3.8, 4) is 11.5 Å². The Bertz CT molecular complexity index is 2990. The Kier molecular flexibility index (Phi) is 19.7. The zero-order valence-corrected chi connectivity index (χ0v) is 48.9. The molecule has 0 spiro atoms. The topological polar surface area (TPSA) is 222 Å². The van der Waals surface area contributed by atoms with Gasteiger partial charge in [-0.3, -0.25) is 24.1 Å². The first-order valence-corrected chi connectivity index (χ1v) is 30.2. The summed E-state index contributed by atoms with van der Waals surface area (Å²) in [6.45, 7) is 16.4. The van der Waals surface area contributed by atoms with Gasteiger partial charge in [-0.05, 0) is 66.8 Å². The number of benzene rings is 3. The molecule has 3 aromatic carbocycles. The van der Waals surface area contributed by atoms with Crippen LogP contribution in [0.15, 0.2) is 66.7 Å². The highest BCUT2D eigenvalue weighted by Gasteiger charge is 2.57. The molecule has 2 N–H and O–H groups in total.